The van der Waals surface area contributed by atoms with Crippen molar-refractivity contribution in [3.8, 4) is 5.75 Å². The van der Waals surface area contributed by atoms with Crippen molar-refractivity contribution in [3.05, 3.63) is 64.5 Å². The Morgan fingerprint density at radius 3 is 2.83 bits per heavy atom. The monoisotopic (exact) mass is 479 g/mol. The lowest BCUT2D eigenvalue weighted by Gasteiger charge is -2.22. The van der Waals surface area contributed by atoms with E-state index in [9.17, 15) is 14.9 Å². The molecule has 0 spiro atoms. The van der Waals surface area contributed by atoms with Crippen LogP contribution in [0.2, 0.25) is 0 Å². The Balaban J connectivity index is 1.47. The molecule has 1 aliphatic heterocycles. The molecule has 1 N–H and O–H groups in total. The fourth-order valence-corrected chi connectivity index (χ4v) is 4.42. The van der Waals surface area contributed by atoms with E-state index in [0.29, 0.717) is 29.7 Å². The van der Waals surface area contributed by atoms with Crippen molar-refractivity contribution in [1.82, 2.24) is 14.9 Å². The van der Waals surface area contributed by atoms with Gasteiger partial charge in [-0.05, 0) is 38.3 Å². The standard InChI is InChI=1S/C25H29N5O5/c1-17(18-8-4-3-5-9-18)28-24-19-14-22(30(32)33)23(15-20(19)26-16-27-24)35-13-7-12-29-11-6-10-21(29)25(31)34-2/h3-5,8-9,14-17,21H,6-7,10-13H2,1-2H3,(H,26,27,28). The van der Waals surface area contributed by atoms with Gasteiger partial charge in [-0.3, -0.25) is 19.8 Å². The Morgan fingerprint density at radius 2 is 2.09 bits per heavy atom. The molecule has 2 heterocycles. The maximum atomic E-state index is 11.9. The molecule has 2 aromatic carbocycles. The molecule has 1 fully saturated rings. The van der Waals surface area contributed by atoms with Gasteiger partial charge in [0.25, 0.3) is 0 Å². The number of benzene rings is 2. The first-order valence-electron chi connectivity index (χ1n) is 11.7. The number of nitrogens with one attached hydrogen (secondary N) is 1. The number of hydrogen-bond acceptors (Lipinski definition) is 9. The molecule has 0 amide bonds. The number of ether oxygens (including phenoxy) is 2. The molecule has 2 atom stereocenters. The number of carbonyl (C=O) groups is 1. The van der Waals surface area contributed by atoms with E-state index in [1.54, 1.807) is 6.07 Å². The van der Waals surface area contributed by atoms with E-state index < -0.39 is 4.92 Å². The smallest absolute Gasteiger partial charge is 0.323 e. The van der Waals surface area contributed by atoms with Crippen molar-refractivity contribution in [3.63, 3.8) is 0 Å². The third-order valence-corrected chi connectivity index (χ3v) is 6.25. The van der Waals surface area contributed by atoms with Crippen LogP contribution in [-0.2, 0) is 9.53 Å². The maximum absolute atomic E-state index is 11.9. The fraction of sp³-hybridized carbons (Fsp3) is 0.400. The number of anilines is 1. The number of esters is 1. The zero-order valence-electron chi connectivity index (χ0n) is 19.8. The van der Waals surface area contributed by atoms with E-state index >= 15 is 0 Å². The average Bonchev–Trinajstić information content (AvgIpc) is 3.35. The summed E-state index contributed by atoms with van der Waals surface area (Å²) in [5.41, 5.74) is 1.48. The fourth-order valence-electron chi connectivity index (χ4n) is 4.42. The second-order valence-corrected chi connectivity index (χ2v) is 8.51. The summed E-state index contributed by atoms with van der Waals surface area (Å²) in [5.74, 6) is 0.456. The molecule has 4 rings (SSSR count). The van der Waals surface area contributed by atoms with Crippen molar-refractivity contribution >= 4 is 28.4 Å². The van der Waals surface area contributed by atoms with Gasteiger partial charge in [-0.2, -0.15) is 0 Å². The van der Waals surface area contributed by atoms with Gasteiger partial charge in [-0.1, -0.05) is 30.3 Å². The van der Waals surface area contributed by atoms with Crippen LogP contribution in [0.4, 0.5) is 11.5 Å². The molecule has 0 aliphatic carbocycles. The molecule has 3 aromatic rings. The van der Waals surface area contributed by atoms with Gasteiger partial charge in [-0.15, -0.1) is 0 Å². The van der Waals surface area contributed by atoms with Crippen LogP contribution in [-0.4, -0.2) is 58.6 Å². The van der Waals surface area contributed by atoms with E-state index in [2.05, 4.69) is 20.2 Å². The Bertz CT molecular complexity index is 1190. The highest BCUT2D eigenvalue weighted by Gasteiger charge is 2.31. The first-order chi connectivity index (χ1) is 17.0. The van der Waals surface area contributed by atoms with Gasteiger partial charge in [0.1, 0.15) is 18.2 Å². The minimum Gasteiger partial charge on any atom is -0.487 e. The van der Waals surface area contributed by atoms with Crippen LogP contribution in [0.25, 0.3) is 10.9 Å². The zero-order valence-corrected chi connectivity index (χ0v) is 19.8. The molecule has 0 saturated carbocycles. The van der Waals surface area contributed by atoms with Crippen molar-refractivity contribution in [2.24, 2.45) is 0 Å². The number of fused-ring (bicyclic) bond motifs is 1. The van der Waals surface area contributed by atoms with Gasteiger partial charge in [0.05, 0.1) is 24.2 Å². The maximum Gasteiger partial charge on any atom is 0.323 e. The zero-order chi connectivity index (χ0) is 24.8. The highest BCUT2D eigenvalue weighted by Crippen LogP contribution is 2.35. The Kier molecular flexibility index (Phi) is 7.71. The largest absolute Gasteiger partial charge is 0.487 e. The SMILES string of the molecule is COC(=O)C1CCCN1CCCOc1cc2ncnc(NC(C)c3ccccc3)c2cc1[N+](=O)[O-]. The Labute approximate surface area is 203 Å². The van der Waals surface area contributed by atoms with Crippen molar-refractivity contribution in [1.29, 1.82) is 0 Å². The summed E-state index contributed by atoms with van der Waals surface area (Å²) in [6, 6.07) is 12.6. The molecule has 1 aromatic heterocycles. The van der Waals surface area contributed by atoms with Crippen LogP contribution < -0.4 is 10.1 Å². The average molecular weight is 480 g/mol. The molecular weight excluding hydrogens is 450 g/mol. The van der Waals surface area contributed by atoms with Gasteiger partial charge >= 0.3 is 11.7 Å². The van der Waals surface area contributed by atoms with Gasteiger partial charge in [-0.25, -0.2) is 9.97 Å². The van der Waals surface area contributed by atoms with Crippen molar-refractivity contribution in [2.45, 2.75) is 38.3 Å². The van der Waals surface area contributed by atoms with Crippen molar-refractivity contribution in [2.75, 3.05) is 32.1 Å². The van der Waals surface area contributed by atoms with Crippen molar-refractivity contribution < 1.29 is 19.2 Å². The number of nitro benzene ring substituents is 1. The molecule has 10 nitrogen and oxygen atoms in total. The van der Waals surface area contributed by atoms with Gasteiger partial charge < -0.3 is 14.8 Å². The Hall–Kier alpha value is -3.79. The second kappa shape index (κ2) is 11.1. The Morgan fingerprint density at radius 1 is 1.29 bits per heavy atom. The summed E-state index contributed by atoms with van der Waals surface area (Å²) < 4.78 is 10.7. The van der Waals surface area contributed by atoms with E-state index in [4.69, 9.17) is 9.47 Å². The summed E-state index contributed by atoms with van der Waals surface area (Å²) in [5, 5.41) is 15.7. The topological polar surface area (TPSA) is 120 Å². The first-order valence-corrected chi connectivity index (χ1v) is 11.7. The van der Waals surface area contributed by atoms with Gasteiger partial charge in [0.15, 0.2) is 5.75 Å². The van der Waals surface area contributed by atoms with E-state index in [-0.39, 0.29) is 36.1 Å². The molecule has 10 heteroatoms. The highest BCUT2D eigenvalue weighted by atomic mass is 16.6. The number of nitro groups is 1. The summed E-state index contributed by atoms with van der Waals surface area (Å²) in [7, 11) is 1.40. The van der Waals surface area contributed by atoms with Crippen LogP contribution in [0.5, 0.6) is 5.75 Å². The quantitative estimate of drug-likeness (QED) is 0.198. The number of hydrogen-bond donors (Lipinski definition) is 1. The van der Waals surface area contributed by atoms with Crippen LogP contribution >= 0.6 is 0 Å². The van der Waals surface area contributed by atoms with Crippen LogP contribution in [0.15, 0.2) is 48.8 Å². The third kappa shape index (κ3) is 5.65. The van der Waals surface area contributed by atoms with E-state index in [1.165, 1.54) is 19.5 Å². The predicted octanol–water partition coefficient (Wildman–Crippen LogP) is 4.12. The molecule has 2 unspecified atom stereocenters. The van der Waals surface area contributed by atoms with Crippen LogP contribution in [0, 0.1) is 10.1 Å². The molecule has 0 radical (unpaired) electrons. The number of rotatable bonds is 10. The highest BCUT2D eigenvalue weighted by molar-refractivity contribution is 5.92. The number of likely N-dealkylation sites (tertiary alicyclic amines) is 1. The molecule has 1 aliphatic rings. The molecule has 35 heavy (non-hydrogen) atoms. The number of methoxy groups -OCH3 is 1. The molecule has 1 saturated heterocycles. The first kappa shape index (κ1) is 24.3. The minimum atomic E-state index is -0.458. The number of aromatic nitrogens is 2. The lowest BCUT2D eigenvalue weighted by Crippen LogP contribution is -2.37. The lowest BCUT2D eigenvalue weighted by molar-refractivity contribution is -0.385. The molecule has 0 bridgehead atoms. The van der Waals surface area contributed by atoms with Gasteiger partial charge in [0, 0.05) is 30.1 Å². The second-order valence-electron chi connectivity index (χ2n) is 8.51. The van der Waals surface area contributed by atoms with Gasteiger partial charge in [0.2, 0.25) is 0 Å². The molecule has 184 valence electrons. The van der Waals surface area contributed by atoms with Crippen LogP contribution in [0.3, 0.4) is 0 Å². The molecular formula is C25H29N5O5. The summed E-state index contributed by atoms with van der Waals surface area (Å²) >= 11 is 0. The summed E-state index contributed by atoms with van der Waals surface area (Å²) in [6.07, 6.45) is 3.77. The van der Waals surface area contributed by atoms with E-state index in [0.717, 1.165) is 24.9 Å². The number of carbonyl (C=O) groups excluding carboxylic acids is 1. The van der Waals surface area contributed by atoms with E-state index in [1.807, 2.05) is 37.3 Å². The van der Waals surface area contributed by atoms with Crippen LogP contribution in [0.1, 0.15) is 37.8 Å². The number of nitrogens with zero attached hydrogens (tertiary/aromatic N) is 4. The normalized spacial score (nSPS) is 16.7. The predicted molar refractivity (Wildman–Crippen MR) is 131 cm³/mol. The summed E-state index contributed by atoms with van der Waals surface area (Å²) in [6.45, 7) is 3.75. The summed E-state index contributed by atoms with van der Waals surface area (Å²) in [4.78, 5) is 34.0. The minimum absolute atomic E-state index is 0.0521. The lowest BCUT2D eigenvalue weighted by atomic mass is 10.1. The third-order valence-electron chi connectivity index (χ3n) is 6.25.